The Hall–Kier alpha value is -1.07. The van der Waals surface area contributed by atoms with Crippen LogP contribution >= 0.6 is 11.6 Å². The maximum Gasteiger partial charge on any atom is 0.206 e. The zero-order valence-corrected chi connectivity index (χ0v) is 6.84. The van der Waals surface area contributed by atoms with Gasteiger partial charge in [0.2, 0.25) is 11.6 Å². The highest BCUT2D eigenvalue weighted by molar-refractivity contribution is 6.29. The fourth-order valence-electron chi connectivity index (χ4n) is 0.610. The highest BCUT2D eigenvalue weighted by atomic mass is 35.5. The Labute approximate surface area is 84.2 Å². The van der Waals surface area contributed by atoms with Crippen molar-refractivity contribution in [3.05, 3.63) is 17.2 Å². The molecule has 4 nitrogen and oxygen atoms in total. The molecule has 0 aromatic carbocycles. The number of ether oxygens (including phenoxy) is 1. The minimum atomic E-state index is -3.40. The van der Waals surface area contributed by atoms with Gasteiger partial charge in [-0.1, -0.05) is 11.6 Å². The molecule has 0 atom stereocenters. The molecule has 0 fully saturated rings. The van der Waals surface area contributed by atoms with Crippen LogP contribution in [0.25, 0.3) is 0 Å². The number of rotatable bonds is 3. The van der Waals surface area contributed by atoms with Gasteiger partial charge in [0.15, 0.2) is 10.9 Å². The molecular formula is C7H7ClFNO3. The van der Waals surface area contributed by atoms with Crippen molar-refractivity contribution in [2.45, 2.75) is 0 Å². The molecule has 6 heteroatoms. The molecule has 0 amide bonds. The highest BCUT2D eigenvalue weighted by Gasteiger charge is 2.14. The summed E-state index contributed by atoms with van der Waals surface area (Å²) in [6.07, 6.45) is 0.698. The van der Waals surface area contributed by atoms with E-state index < -0.39 is 35.6 Å². The first kappa shape index (κ1) is 5.62. The predicted molar refractivity (Wildman–Crippen MR) is 43.5 cm³/mol. The molecule has 0 bridgehead atoms. The quantitative estimate of drug-likeness (QED) is 0.731. The molecule has 0 radical (unpaired) electrons. The van der Waals surface area contributed by atoms with Crippen molar-refractivity contribution in [3.63, 3.8) is 0 Å². The summed E-state index contributed by atoms with van der Waals surface area (Å²) in [7, 11) is 0. The zero-order valence-electron chi connectivity index (χ0n) is 10.1. The lowest BCUT2D eigenvalue weighted by molar-refractivity contribution is 0.191. The van der Waals surface area contributed by atoms with Crippen LogP contribution in [0.15, 0.2) is 6.20 Å². The summed E-state index contributed by atoms with van der Waals surface area (Å²) < 4.78 is 45.2. The predicted octanol–water partition coefficient (Wildman–Crippen LogP) is 0.951. The lowest BCUT2D eigenvalue weighted by Crippen LogP contribution is -2.04. The number of hydrogen-bond acceptors (Lipinski definition) is 4. The SMILES string of the molecule is [2H]C([2H])(O)C([2H])([2H])Oc1c(O)cnc(Cl)c1F. The van der Waals surface area contributed by atoms with Gasteiger partial charge in [-0.3, -0.25) is 0 Å². The average Bonchev–Trinajstić information content (AvgIpc) is 2.17. The van der Waals surface area contributed by atoms with Gasteiger partial charge < -0.3 is 14.9 Å². The number of hydrogen-bond donors (Lipinski definition) is 2. The van der Waals surface area contributed by atoms with Crippen molar-refractivity contribution >= 4 is 11.6 Å². The van der Waals surface area contributed by atoms with Crippen LogP contribution in [-0.4, -0.2) is 28.3 Å². The summed E-state index contributed by atoms with van der Waals surface area (Å²) in [6, 6.07) is 0. The fraction of sp³-hybridized carbons (Fsp3) is 0.286. The van der Waals surface area contributed by atoms with Crippen LogP contribution in [0.5, 0.6) is 11.5 Å². The van der Waals surface area contributed by atoms with E-state index in [1.54, 1.807) is 0 Å². The number of aromatic nitrogens is 1. The van der Waals surface area contributed by atoms with Crippen molar-refractivity contribution in [3.8, 4) is 11.5 Å². The smallest absolute Gasteiger partial charge is 0.206 e. The van der Waals surface area contributed by atoms with E-state index in [0.717, 1.165) is 0 Å². The summed E-state index contributed by atoms with van der Waals surface area (Å²) in [5.74, 6) is -3.27. The van der Waals surface area contributed by atoms with Gasteiger partial charge in [0, 0.05) is 0 Å². The van der Waals surface area contributed by atoms with Gasteiger partial charge in [0.05, 0.1) is 18.2 Å². The fourth-order valence-corrected chi connectivity index (χ4v) is 0.745. The summed E-state index contributed by atoms with van der Waals surface area (Å²) in [6.45, 7) is -6.68. The maximum absolute atomic E-state index is 13.3. The third-order valence-electron chi connectivity index (χ3n) is 1.11. The van der Waals surface area contributed by atoms with Gasteiger partial charge in [-0.25, -0.2) is 4.98 Å². The Morgan fingerprint density at radius 2 is 2.46 bits per heavy atom. The Morgan fingerprint density at radius 1 is 1.77 bits per heavy atom. The van der Waals surface area contributed by atoms with Crippen LogP contribution in [0.1, 0.15) is 5.48 Å². The first-order chi connectivity index (χ1) is 7.56. The zero-order chi connectivity index (χ0) is 13.4. The second-order valence-electron chi connectivity index (χ2n) is 1.89. The van der Waals surface area contributed by atoms with Crippen LogP contribution < -0.4 is 4.74 Å². The van der Waals surface area contributed by atoms with Crippen molar-refractivity contribution in [1.82, 2.24) is 4.98 Å². The Kier molecular flexibility index (Phi) is 1.83. The van der Waals surface area contributed by atoms with Gasteiger partial charge in [0.1, 0.15) is 6.56 Å². The molecule has 13 heavy (non-hydrogen) atoms. The third-order valence-corrected chi connectivity index (χ3v) is 1.38. The summed E-state index contributed by atoms with van der Waals surface area (Å²) in [5.41, 5.74) is 0. The molecule has 0 aliphatic heterocycles. The van der Waals surface area contributed by atoms with Crippen molar-refractivity contribution in [1.29, 1.82) is 0 Å². The molecule has 72 valence electrons. The standard InChI is InChI=1S/C7H7ClFNO3/c8-7-5(9)6(13-2-1-11)4(12)3-10-7/h3,11-12H,1-2H2/i1D2,2D2. The Bertz CT molecular complexity index is 440. The minimum absolute atomic E-state index is 0.688. The van der Waals surface area contributed by atoms with E-state index in [-0.39, 0.29) is 0 Å². The van der Waals surface area contributed by atoms with Gasteiger partial charge in [-0.2, -0.15) is 4.39 Å². The second kappa shape index (κ2) is 4.25. The van der Waals surface area contributed by atoms with E-state index in [4.69, 9.17) is 22.2 Å². The molecule has 1 heterocycles. The monoisotopic (exact) mass is 211 g/mol. The number of pyridine rings is 1. The van der Waals surface area contributed by atoms with Gasteiger partial charge in [0.25, 0.3) is 0 Å². The van der Waals surface area contributed by atoms with Crippen LogP contribution in [0.4, 0.5) is 4.39 Å². The van der Waals surface area contributed by atoms with Gasteiger partial charge in [-0.15, -0.1) is 0 Å². The summed E-state index contributed by atoms with van der Waals surface area (Å²) in [5, 5.41) is 17.3. The second-order valence-corrected chi connectivity index (χ2v) is 2.25. The van der Waals surface area contributed by atoms with E-state index >= 15 is 0 Å². The highest BCUT2D eigenvalue weighted by Crippen LogP contribution is 2.31. The van der Waals surface area contributed by atoms with E-state index in [1.807, 2.05) is 0 Å². The molecular weight excluding hydrogens is 201 g/mol. The summed E-state index contributed by atoms with van der Waals surface area (Å²) in [4.78, 5) is 3.21. The van der Waals surface area contributed by atoms with Crippen LogP contribution in [-0.2, 0) is 0 Å². The molecule has 0 aliphatic rings. The van der Waals surface area contributed by atoms with Crippen molar-refractivity contribution < 1.29 is 24.8 Å². The number of nitrogens with zero attached hydrogens (tertiary/aromatic N) is 1. The topological polar surface area (TPSA) is 62.6 Å². The van der Waals surface area contributed by atoms with E-state index in [2.05, 4.69) is 9.72 Å². The summed E-state index contributed by atoms with van der Waals surface area (Å²) >= 11 is 5.27. The number of aromatic hydroxyl groups is 1. The van der Waals surface area contributed by atoms with Gasteiger partial charge >= 0.3 is 0 Å². The average molecular weight is 212 g/mol. The van der Waals surface area contributed by atoms with Crippen LogP contribution in [0, 0.1) is 5.82 Å². The largest absolute Gasteiger partial charge is 0.503 e. The van der Waals surface area contributed by atoms with Crippen LogP contribution in [0.2, 0.25) is 5.15 Å². The molecule has 1 aromatic heterocycles. The number of aliphatic hydroxyl groups is 1. The van der Waals surface area contributed by atoms with Crippen LogP contribution in [0.3, 0.4) is 0 Å². The van der Waals surface area contributed by atoms with Crippen molar-refractivity contribution in [2.75, 3.05) is 13.1 Å². The Morgan fingerprint density at radius 3 is 3.08 bits per heavy atom. The minimum Gasteiger partial charge on any atom is -0.503 e. The molecule has 0 aliphatic carbocycles. The molecule has 0 spiro atoms. The molecule has 0 unspecified atom stereocenters. The lowest BCUT2D eigenvalue weighted by atomic mass is 10.4. The molecule has 0 saturated carbocycles. The normalized spacial score (nSPS) is 16.8. The van der Waals surface area contributed by atoms with E-state index in [9.17, 15) is 9.50 Å². The van der Waals surface area contributed by atoms with E-state index in [0.29, 0.717) is 6.20 Å². The van der Waals surface area contributed by atoms with E-state index in [1.165, 1.54) is 0 Å². The molecule has 2 N–H and O–H groups in total. The Balaban J connectivity index is 3.16. The first-order valence-electron chi connectivity index (χ1n) is 5.00. The molecule has 1 rings (SSSR count). The maximum atomic E-state index is 13.3. The third kappa shape index (κ3) is 2.19. The van der Waals surface area contributed by atoms with Crippen molar-refractivity contribution in [2.24, 2.45) is 0 Å². The lowest BCUT2D eigenvalue weighted by Gasteiger charge is -2.07. The molecule has 1 aromatic rings. The first-order valence-corrected chi connectivity index (χ1v) is 3.38. The van der Waals surface area contributed by atoms with Gasteiger partial charge in [-0.05, 0) is 0 Å². The molecule has 0 saturated heterocycles. The number of halogens is 2.